The van der Waals surface area contributed by atoms with Gasteiger partial charge >= 0.3 is 15.6 Å². The Morgan fingerprint density at radius 3 is 2.43 bits per heavy atom. The Labute approximate surface area is 133 Å². The molecule has 1 aliphatic carbocycles. The summed E-state index contributed by atoms with van der Waals surface area (Å²) >= 11 is 0. The van der Waals surface area contributed by atoms with Crippen LogP contribution in [0.4, 0.5) is 13.2 Å². The second-order valence-corrected chi connectivity index (χ2v) is 8.44. The fourth-order valence-electron chi connectivity index (χ4n) is 2.82. The van der Waals surface area contributed by atoms with E-state index < -0.39 is 27.1 Å². The van der Waals surface area contributed by atoms with Gasteiger partial charge in [-0.2, -0.15) is 21.6 Å². The molecule has 1 aliphatic heterocycles. The molecule has 1 fully saturated rings. The van der Waals surface area contributed by atoms with Crippen LogP contribution in [0.5, 0.6) is 0 Å². The molecule has 0 radical (unpaired) electrons. The number of hydrogen-bond donors (Lipinski definition) is 1. The fourth-order valence-corrected chi connectivity index (χ4v) is 3.33. The summed E-state index contributed by atoms with van der Waals surface area (Å²) < 4.78 is 69.1. The van der Waals surface area contributed by atoms with E-state index in [2.05, 4.69) is 4.18 Å². The smallest absolute Gasteiger partial charge is 0.392 e. The van der Waals surface area contributed by atoms with E-state index in [0.29, 0.717) is 12.8 Å². The topological polar surface area (TPSA) is 76.1 Å². The van der Waals surface area contributed by atoms with Crippen molar-refractivity contribution in [3.05, 3.63) is 11.8 Å². The molecule has 0 aromatic rings. The van der Waals surface area contributed by atoms with Crippen LogP contribution in [0.3, 0.4) is 0 Å². The zero-order valence-corrected chi connectivity index (χ0v) is 14.0. The largest absolute Gasteiger partial charge is 0.534 e. The van der Waals surface area contributed by atoms with Gasteiger partial charge in [0.2, 0.25) is 0 Å². The molecule has 0 amide bonds. The third-order valence-corrected chi connectivity index (χ3v) is 5.53. The van der Waals surface area contributed by atoms with Gasteiger partial charge in [0.15, 0.2) is 0 Å². The zero-order chi connectivity index (χ0) is 17.7. The Balaban J connectivity index is 2.09. The number of halogens is 3. The summed E-state index contributed by atoms with van der Waals surface area (Å²) in [5.41, 5.74) is -6.54. The van der Waals surface area contributed by atoms with Crippen molar-refractivity contribution in [3.8, 4) is 0 Å². The number of epoxide rings is 1. The Morgan fingerprint density at radius 2 is 1.96 bits per heavy atom. The van der Waals surface area contributed by atoms with Crippen LogP contribution in [0.1, 0.15) is 46.5 Å². The molecule has 3 atom stereocenters. The quantitative estimate of drug-likeness (QED) is 0.465. The van der Waals surface area contributed by atoms with Crippen molar-refractivity contribution in [2.24, 2.45) is 5.41 Å². The molecule has 1 heterocycles. The first-order valence-corrected chi connectivity index (χ1v) is 8.76. The Morgan fingerprint density at radius 1 is 1.39 bits per heavy atom. The van der Waals surface area contributed by atoms with E-state index >= 15 is 0 Å². The molecule has 0 spiro atoms. The number of aliphatic hydroxyl groups is 1. The summed E-state index contributed by atoms with van der Waals surface area (Å²) in [6, 6.07) is 0. The van der Waals surface area contributed by atoms with Crippen LogP contribution in [0.25, 0.3) is 0 Å². The average molecular weight is 358 g/mol. The monoisotopic (exact) mass is 358 g/mol. The fraction of sp³-hybridized carbons (Fsp3) is 0.857. The lowest BCUT2D eigenvalue weighted by Crippen LogP contribution is -2.35. The first-order chi connectivity index (χ1) is 10.3. The van der Waals surface area contributed by atoms with Gasteiger partial charge in [-0.05, 0) is 39.2 Å². The van der Waals surface area contributed by atoms with E-state index in [1.807, 2.05) is 13.8 Å². The van der Waals surface area contributed by atoms with Gasteiger partial charge in [0.1, 0.15) is 5.76 Å². The standard InChI is InChI=1S/C14H21F3O5S/c1-12(2)11(21-12)6-7-13(3)8-9(4-5-10(13)18)22-23(19,20)14(15,16)17/h8,10-11,18H,4-7H2,1-3H3/t10-,11?,13-/m1/s1. The van der Waals surface area contributed by atoms with Crippen molar-refractivity contribution < 1.29 is 35.6 Å². The second-order valence-electron chi connectivity index (χ2n) is 6.90. The van der Waals surface area contributed by atoms with Gasteiger partial charge in [0, 0.05) is 11.8 Å². The molecule has 0 bridgehead atoms. The highest BCUT2D eigenvalue weighted by atomic mass is 32.2. The number of allylic oxidation sites excluding steroid dienone is 1. The van der Waals surface area contributed by atoms with Gasteiger partial charge in [-0.1, -0.05) is 6.92 Å². The van der Waals surface area contributed by atoms with Crippen LogP contribution in [0, 0.1) is 5.41 Å². The predicted octanol–water partition coefficient (Wildman–Crippen LogP) is 2.86. The molecule has 1 saturated heterocycles. The average Bonchev–Trinajstić information content (AvgIpc) is 2.98. The van der Waals surface area contributed by atoms with Crippen LogP contribution in [-0.2, 0) is 19.0 Å². The lowest BCUT2D eigenvalue weighted by Gasteiger charge is -2.36. The first kappa shape index (κ1) is 18.5. The molecule has 0 aromatic carbocycles. The van der Waals surface area contributed by atoms with Crippen LogP contribution < -0.4 is 0 Å². The Bertz CT molecular complexity index is 596. The lowest BCUT2D eigenvalue weighted by atomic mass is 9.74. The summed E-state index contributed by atoms with van der Waals surface area (Å²) in [4.78, 5) is 0. The van der Waals surface area contributed by atoms with E-state index in [0.717, 1.165) is 0 Å². The third kappa shape index (κ3) is 4.00. The molecule has 5 nitrogen and oxygen atoms in total. The number of alkyl halides is 3. The SMILES string of the molecule is CC1(C)OC1CC[C@]1(C)C=C(OS(=O)(=O)C(F)(F)F)CC[C@H]1O. The number of hydrogen-bond acceptors (Lipinski definition) is 5. The number of rotatable bonds is 5. The minimum Gasteiger partial charge on any atom is -0.392 e. The van der Waals surface area contributed by atoms with E-state index in [9.17, 15) is 26.7 Å². The molecule has 0 aromatic heterocycles. The Hall–Kier alpha value is -0.800. The van der Waals surface area contributed by atoms with E-state index in [1.165, 1.54) is 6.08 Å². The second kappa shape index (κ2) is 5.63. The maximum absolute atomic E-state index is 12.4. The van der Waals surface area contributed by atoms with Gasteiger partial charge in [-0.15, -0.1) is 0 Å². The summed E-state index contributed by atoms with van der Waals surface area (Å²) in [7, 11) is -5.68. The number of ether oxygens (including phenoxy) is 1. The van der Waals surface area contributed by atoms with Crippen LogP contribution in [-0.4, -0.2) is 36.8 Å². The molecule has 1 unspecified atom stereocenters. The van der Waals surface area contributed by atoms with Gasteiger partial charge in [0.05, 0.1) is 17.8 Å². The maximum atomic E-state index is 12.4. The van der Waals surface area contributed by atoms with E-state index in [-0.39, 0.29) is 30.3 Å². The minimum absolute atomic E-state index is 0.0325. The van der Waals surface area contributed by atoms with E-state index in [4.69, 9.17) is 4.74 Å². The summed E-state index contributed by atoms with van der Waals surface area (Å²) in [5.74, 6) is -0.272. The van der Waals surface area contributed by atoms with Gasteiger partial charge < -0.3 is 14.0 Å². The normalized spacial score (nSPS) is 34.0. The van der Waals surface area contributed by atoms with Gasteiger partial charge in [-0.25, -0.2) is 0 Å². The molecular weight excluding hydrogens is 337 g/mol. The van der Waals surface area contributed by atoms with Crippen LogP contribution in [0.15, 0.2) is 11.8 Å². The highest BCUT2D eigenvalue weighted by Gasteiger charge is 2.51. The lowest BCUT2D eigenvalue weighted by molar-refractivity contribution is -0.0529. The summed E-state index contributed by atoms with van der Waals surface area (Å²) in [5, 5.41) is 10.2. The molecule has 1 N–H and O–H groups in total. The molecule has 2 aliphatic rings. The molecular formula is C14H21F3O5S. The van der Waals surface area contributed by atoms with Crippen molar-refractivity contribution in [3.63, 3.8) is 0 Å². The highest BCUT2D eigenvalue weighted by molar-refractivity contribution is 7.87. The van der Waals surface area contributed by atoms with Crippen LogP contribution in [0.2, 0.25) is 0 Å². The molecule has 134 valence electrons. The number of aliphatic hydroxyl groups excluding tert-OH is 1. The predicted molar refractivity (Wildman–Crippen MR) is 75.7 cm³/mol. The maximum Gasteiger partial charge on any atom is 0.534 e. The zero-order valence-electron chi connectivity index (χ0n) is 13.2. The van der Waals surface area contributed by atoms with Crippen molar-refractivity contribution in [2.45, 2.75) is 69.8 Å². The molecule has 2 rings (SSSR count). The van der Waals surface area contributed by atoms with Crippen molar-refractivity contribution >= 4 is 10.1 Å². The van der Waals surface area contributed by atoms with Crippen molar-refractivity contribution in [1.29, 1.82) is 0 Å². The van der Waals surface area contributed by atoms with Gasteiger partial charge in [-0.3, -0.25) is 0 Å². The summed E-state index contributed by atoms with van der Waals surface area (Å²) in [6.45, 7) is 5.53. The minimum atomic E-state index is -5.68. The first-order valence-electron chi connectivity index (χ1n) is 7.35. The molecule has 9 heteroatoms. The third-order valence-electron chi connectivity index (χ3n) is 4.53. The van der Waals surface area contributed by atoms with E-state index in [1.54, 1.807) is 6.92 Å². The van der Waals surface area contributed by atoms with Crippen molar-refractivity contribution in [2.75, 3.05) is 0 Å². The molecule has 0 saturated carbocycles. The van der Waals surface area contributed by atoms with Gasteiger partial charge in [0.25, 0.3) is 0 Å². The Kier molecular flexibility index (Phi) is 4.54. The summed E-state index contributed by atoms with van der Waals surface area (Å²) in [6.07, 6.45) is 1.73. The van der Waals surface area contributed by atoms with Crippen LogP contribution >= 0.6 is 0 Å². The molecule has 23 heavy (non-hydrogen) atoms. The van der Waals surface area contributed by atoms with Crippen molar-refractivity contribution in [1.82, 2.24) is 0 Å². The highest BCUT2D eigenvalue weighted by Crippen LogP contribution is 2.45.